The quantitative estimate of drug-likeness (QED) is 0.823. The van der Waals surface area contributed by atoms with Gasteiger partial charge in [-0.25, -0.2) is 4.79 Å². The van der Waals surface area contributed by atoms with Gasteiger partial charge in [-0.05, 0) is 25.0 Å². The Balaban J connectivity index is 1.91. The van der Waals surface area contributed by atoms with E-state index in [0.717, 1.165) is 30.8 Å². The van der Waals surface area contributed by atoms with E-state index in [0.29, 0.717) is 12.6 Å². The minimum Gasteiger partial charge on any atom is -0.481 e. The molecule has 1 N–H and O–H groups in total. The van der Waals surface area contributed by atoms with Crippen LogP contribution in [-0.4, -0.2) is 64.1 Å². The molecule has 0 aromatic carbocycles. The zero-order valence-electron chi connectivity index (χ0n) is 10.7. The van der Waals surface area contributed by atoms with Crippen LogP contribution >= 0.6 is 11.8 Å². The van der Waals surface area contributed by atoms with E-state index in [1.807, 2.05) is 18.8 Å². The number of amides is 2. The molecular formula is C12H20N2O3S. The van der Waals surface area contributed by atoms with Crippen LogP contribution in [0, 0.1) is 0 Å². The fourth-order valence-electron chi connectivity index (χ4n) is 2.22. The Kier molecular flexibility index (Phi) is 4.37. The maximum atomic E-state index is 12.4. The summed E-state index contributed by atoms with van der Waals surface area (Å²) in [5.41, 5.74) is 0. The lowest BCUT2D eigenvalue weighted by atomic mass is 10.2. The molecule has 18 heavy (non-hydrogen) atoms. The van der Waals surface area contributed by atoms with Gasteiger partial charge in [0, 0.05) is 31.4 Å². The van der Waals surface area contributed by atoms with E-state index in [2.05, 4.69) is 0 Å². The van der Waals surface area contributed by atoms with Gasteiger partial charge in [-0.2, -0.15) is 11.8 Å². The molecular weight excluding hydrogens is 252 g/mol. The maximum absolute atomic E-state index is 12.4. The Morgan fingerprint density at radius 2 is 2.00 bits per heavy atom. The summed E-state index contributed by atoms with van der Waals surface area (Å²) in [6.07, 6.45) is 3.11. The second kappa shape index (κ2) is 5.82. The summed E-state index contributed by atoms with van der Waals surface area (Å²) in [5.74, 6) is 1.27. The van der Waals surface area contributed by atoms with Crippen molar-refractivity contribution in [1.29, 1.82) is 0 Å². The zero-order chi connectivity index (χ0) is 13.1. The SMILES string of the molecule is CN(C(=O)N(CCC(=O)O)C1CC1)C1CCSC1. The third-order valence-electron chi connectivity index (χ3n) is 3.56. The number of carboxylic acid groups (broad SMARTS) is 1. The minimum absolute atomic E-state index is 0.00579. The van der Waals surface area contributed by atoms with Gasteiger partial charge in [0.1, 0.15) is 0 Å². The van der Waals surface area contributed by atoms with Crippen molar-refractivity contribution in [3.63, 3.8) is 0 Å². The largest absolute Gasteiger partial charge is 0.481 e. The van der Waals surface area contributed by atoms with E-state index in [1.165, 1.54) is 0 Å². The fraction of sp³-hybridized carbons (Fsp3) is 0.833. The predicted octanol–water partition coefficient (Wildman–Crippen LogP) is 1.48. The summed E-state index contributed by atoms with van der Waals surface area (Å²) in [6.45, 7) is 0.336. The Hall–Kier alpha value is -0.910. The first-order valence-corrected chi connectivity index (χ1v) is 7.58. The molecule has 2 rings (SSSR count). The molecule has 0 aromatic heterocycles. The third kappa shape index (κ3) is 3.31. The summed E-state index contributed by atoms with van der Waals surface area (Å²) in [6, 6.07) is 0.591. The van der Waals surface area contributed by atoms with Crippen molar-refractivity contribution in [3.05, 3.63) is 0 Å². The van der Waals surface area contributed by atoms with Crippen LogP contribution in [0.2, 0.25) is 0 Å². The van der Waals surface area contributed by atoms with Gasteiger partial charge in [0.2, 0.25) is 0 Å². The molecule has 0 aromatic rings. The van der Waals surface area contributed by atoms with Crippen LogP contribution in [0.15, 0.2) is 0 Å². The van der Waals surface area contributed by atoms with Crippen molar-refractivity contribution in [2.75, 3.05) is 25.1 Å². The van der Waals surface area contributed by atoms with Crippen molar-refractivity contribution in [3.8, 4) is 0 Å². The van der Waals surface area contributed by atoms with Gasteiger partial charge in [0.05, 0.1) is 6.42 Å². The Morgan fingerprint density at radius 3 is 2.50 bits per heavy atom. The van der Waals surface area contributed by atoms with Gasteiger partial charge < -0.3 is 14.9 Å². The molecule has 0 spiro atoms. The molecule has 1 heterocycles. The highest BCUT2D eigenvalue weighted by atomic mass is 32.2. The standard InChI is InChI=1S/C12H20N2O3S/c1-13(10-5-7-18-8-10)12(17)14(9-2-3-9)6-4-11(15)16/h9-10H,2-8H2,1H3,(H,15,16). The molecule has 1 saturated heterocycles. The first-order chi connectivity index (χ1) is 8.59. The highest BCUT2D eigenvalue weighted by Gasteiger charge is 2.36. The van der Waals surface area contributed by atoms with E-state index in [-0.39, 0.29) is 18.5 Å². The number of rotatable bonds is 5. The van der Waals surface area contributed by atoms with E-state index in [4.69, 9.17) is 5.11 Å². The van der Waals surface area contributed by atoms with Crippen LogP contribution in [0.5, 0.6) is 0 Å². The number of carbonyl (C=O) groups is 2. The van der Waals surface area contributed by atoms with Crippen molar-refractivity contribution >= 4 is 23.8 Å². The number of hydrogen-bond acceptors (Lipinski definition) is 3. The smallest absolute Gasteiger partial charge is 0.320 e. The molecule has 5 nitrogen and oxygen atoms in total. The molecule has 1 atom stereocenters. The minimum atomic E-state index is -0.840. The lowest BCUT2D eigenvalue weighted by molar-refractivity contribution is -0.137. The van der Waals surface area contributed by atoms with Crippen LogP contribution in [0.4, 0.5) is 4.79 Å². The van der Waals surface area contributed by atoms with Gasteiger partial charge in [0.15, 0.2) is 0 Å². The van der Waals surface area contributed by atoms with Crippen molar-refractivity contribution in [2.24, 2.45) is 0 Å². The second-order valence-corrected chi connectivity index (χ2v) is 6.13. The van der Waals surface area contributed by atoms with Crippen LogP contribution in [0.25, 0.3) is 0 Å². The normalized spacial score (nSPS) is 22.8. The molecule has 2 fully saturated rings. The Bertz CT molecular complexity index is 327. The molecule has 1 saturated carbocycles. The van der Waals surface area contributed by atoms with Gasteiger partial charge >= 0.3 is 12.0 Å². The second-order valence-electron chi connectivity index (χ2n) is 4.98. The van der Waals surface area contributed by atoms with Crippen molar-refractivity contribution < 1.29 is 14.7 Å². The molecule has 2 amide bonds. The summed E-state index contributed by atoms with van der Waals surface area (Å²) in [5, 5.41) is 8.74. The number of nitrogens with zero attached hydrogens (tertiary/aromatic N) is 2. The van der Waals surface area contributed by atoms with Gasteiger partial charge in [-0.15, -0.1) is 0 Å². The van der Waals surface area contributed by atoms with Gasteiger partial charge in [0.25, 0.3) is 0 Å². The lowest BCUT2D eigenvalue weighted by Crippen LogP contribution is -2.47. The molecule has 6 heteroatoms. The highest BCUT2D eigenvalue weighted by Crippen LogP contribution is 2.29. The average molecular weight is 272 g/mol. The highest BCUT2D eigenvalue weighted by molar-refractivity contribution is 7.99. The number of aliphatic carboxylic acids is 1. The Morgan fingerprint density at radius 1 is 1.28 bits per heavy atom. The van der Waals surface area contributed by atoms with Gasteiger partial charge in [-0.3, -0.25) is 4.79 Å². The van der Waals surface area contributed by atoms with Gasteiger partial charge in [-0.1, -0.05) is 0 Å². The summed E-state index contributed by atoms with van der Waals surface area (Å²) < 4.78 is 0. The van der Waals surface area contributed by atoms with E-state index in [1.54, 1.807) is 9.80 Å². The predicted molar refractivity (Wildman–Crippen MR) is 70.9 cm³/mol. The van der Waals surface area contributed by atoms with E-state index in [9.17, 15) is 9.59 Å². The molecule has 1 aliphatic carbocycles. The number of thioether (sulfide) groups is 1. The molecule has 0 radical (unpaired) electrons. The number of urea groups is 1. The zero-order valence-corrected chi connectivity index (χ0v) is 11.5. The number of hydrogen-bond donors (Lipinski definition) is 1. The summed E-state index contributed by atoms with van der Waals surface area (Å²) in [7, 11) is 1.84. The maximum Gasteiger partial charge on any atom is 0.320 e. The van der Waals surface area contributed by atoms with E-state index >= 15 is 0 Å². The summed E-state index contributed by atoms with van der Waals surface area (Å²) >= 11 is 1.88. The number of carbonyl (C=O) groups excluding carboxylic acids is 1. The molecule has 1 unspecified atom stereocenters. The van der Waals surface area contributed by atoms with Crippen LogP contribution < -0.4 is 0 Å². The molecule has 102 valence electrons. The summed E-state index contributed by atoms with van der Waals surface area (Å²) in [4.78, 5) is 26.6. The first-order valence-electron chi connectivity index (χ1n) is 6.42. The molecule has 2 aliphatic rings. The monoisotopic (exact) mass is 272 g/mol. The molecule has 0 bridgehead atoms. The van der Waals surface area contributed by atoms with E-state index < -0.39 is 5.97 Å². The lowest BCUT2D eigenvalue weighted by Gasteiger charge is -2.31. The topological polar surface area (TPSA) is 60.9 Å². The number of carboxylic acids is 1. The van der Waals surface area contributed by atoms with Crippen LogP contribution in [0.1, 0.15) is 25.7 Å². The first kappa shape index (κ1) is 13.5. The van der Waals surface area contributed by atoms with Crippen LogP contribution in [-0.2, 0) is 4.79 Å². The van der Waals surface area contributed by atoms with Crippen molar-refractivity contribution in [2.45, 2.75) is 37.8 Å². The van der Waals surface area contributed by atoms with Crippen molar-refractivity contribution in [1.82, 2.24) is 9.80 Å². The average Bonchev–Trinajstić information content (AvgIpc) is 3.02. The Labute approximate surface area is 112 Å². The van der Waals surface area contributed by atoms with Crippen LogP contribution in [0.3, 0.4) is 0 Å². The molecule has 1 aliphatic heterocycles. The third-order valence-corrected chi connectivity index (χ3v) is 4.70. The fourth-order valence-corrected chi connectivity index (χ4v) is 3.49.